The maximum Gasteiger partial charge on any atom is 0.259 e. The molecular weight excluding hydrogens is 452 g/mol. The molecule has 0 radical (unpaired) electrons. The van der Waals surface area contributed by atoms with Gasteiger partial charge in [0.1, 0.15) is 5.82 Å². The van der Waals surface area contributed by atoms with Crippen molar-refractivity contribution in [3.05, 3.63) is 82.8 Å². The van der Waals surface area contributed by atoms with Crippen LogP contribution in [0, 0.1) is 0 Å². The number of anilines is 2. The molecule has 0 aliphatic rings. The number of benzene rings is 2. The van der Waals surface area contributed by atoms with Crippen LogP contribution in [0.25, 0.3) is 22.0 Å². The van der Waals surface area contributed by atoms with E-state index < -0.39 is 9.84 Å². The summed E-state index contributed by atoms with van der Waals surface area (Å²) in [6.07, 6.45) is 3.55. The van der Waals surface area contributed by atoms with Gasteiger partial charge in [-0.05, 0) is 60.3 Å². The van der Waals surface area contributed by atoms with Crippen LogP contribution in [0.15, 0.2) is 76.6 Å². The minimum absolute atomic E-state index is 0.152. The van der Waals surface area contributed by atoms with Crippen molar-refractivity contribution in [1.82, 2.24) is 15.3 Å². The number of carbonyl (C=O) groups is 1. The summed E-state index contributed by atoms with van der Waals surface area (Å²) in [5, 5.41) is 7.02. The van der Waals surface area contributed by atoms with Crippen molar-refractivity contribution < 1.29 is 13.2 Å². The second kappa shape index (κ2) is 9.48. The Kier molecular flexibility index (Phi) is 6.47. The molecule has 34 heavy (non-hydrogen) atoms. The fourth-order valence-electron chi connectivity index (χ4n) is 3.52. The maximum absolute atomic E-state index is 12.6. The molecule has 3 N–H and O–H groups in total. The normalized spacial score (nSPS) is 11.4. The van der Waals surface area contributed by atoms with Crippen molar-refractivity contribution in [2.45, 2.75) is 18.2 Å². The molecule has 2 aromatic heterocycles. The Labute approximate surface area is 197 Å². The first-order valence-electron chi connectivity index (χ1n) is 10.7. The number of hydrogen-bond donors (Lipinski definition) is 3. The number of aromatic amines is 1. The van der Waals surface area contributed by atoms with Crippen LogP contribution in [-0.4, -0.2) is 37.1 Å². The second-order valence-corrected chi connectivity index (χ2v) is 9.90. The summed E-state index contributed by atoms with van der Waals surface area (Å²) in [5.74, 6) is 0.170. The number of sulfone groups is 1. The van der Waals surface area contributed by atoms with Gasteiger partial charge in [0.15, 0.2) is 9.84 Å². The van der Waals surface area contributed by atoms with Gasteiger partial charge in [0, 0.05) is 35.8 Å². The van der Waals surface area contributed by atoms with Crippen LogP contribution in [0.2, 0.25) is 0 Å². The first kappa shape index (κ1) is 23.2. The third-order valence-electron chi connectivity index (χ3n) is 5.26. The molecule has 0 unspecified atom stereocenters. The van der Waals surface area contributed by atoms with E-state index in [2.05, 4.69) is 20.6 Å². The SMILES string of the molecule is CCCNC(=O)c1ccc(Nc2nc(-c3cccc(S(C)(=O)=O)c3)cc3cc[nH]c(=O)c23)cc1. The van der Waals surface area contributed by atoms with E-state index in [0.29, 0.717) is 45.6 Å². The lowest BCUT2D eigenvalue weighted by molar-refractivity contribution is 0.0953. The third-order valence-corrected chi connectivity index (χ3v) is 6.37. The van der Waals surface area contributed by atoms with Gasteiger partial charge in [-0.25, -0.2) is 13.4 Å². The summed E-state index contributed by atoms with van der Waals surface area (Å²) in [6, 6.07) is 16.9. The number of aromatic nitrogens is 2. The van der Waals surface area contributed by atoms with E-state index in [9.17, 15) is 18.0 Å². The van der Waals surface area contributed by atoms with E-state index in [4.69, 9.17) is 0 Å². The number of pyridine rings is 2. The smallest absolute Gasteiger partial charge is 0.259 e. The van der Waals surface area contributed by atoms with Crippen LogP contribution in [0.5, 0.6) is 0 Å². The Balaban J connectivity index is 1.76. The summed E-state index contributed by atoms with van der Waals surface area (Å²) in [4.78, 5) is 32.3. The first-order chi connectivity index (χ1) is 16.3. The van der Waals surface area contributed by atoms with Gasteiger partial charge in [0.25, 0.3) is 11.5 Å². The van der Waals surface area contributed by atoms with Crippen molar-refractivity contribution in [3.8, 4) is 11.3 Å². The second-order valence-electron chi connectivity index (χ2n) is 7.89. The standard InChI is InChI=1S/C25H24N4O4S/c1-3-12-26-24(30)16-7-9-19(10-8-16)28-23-22-18(11-13-27-25(22)31)15-21(29-23)17-5-4-6-20(14-17)34(2,32)33/h4-11,13-15H,3,12H2,1-2H3,(H,26,30)(H,27,31)(H,28,29). The van der Waals surface area contributed by atoms with Gasteiger partial charge in [-0.1, -0.05) is 19.1 Å². The highest BCUT2D eigenvalue weighted by Gasteiger charge is 2.14. The largest absolute Gasteiger partial charge is 0.352 e. The van der Waals surface area contributed by atoms with Crippen LogP contribution >= 0.6 is 0 Å². The zero-order valence-corrected chi connectivity index (χ0v) is 19.6. The Morgan fingerprint density at radius 3 is 2.53 bits per heavy atom. The van der Waals surface area contributed by atoms with Gasteiger partial charge < -0.3 is 15.6 Å². The molecule has 0 atom stereocenters. The molecule has 0 aliphatic carbocycles. The predicted octanol–water partition coefficient (Wildman–Crippen LogP) is 3.88. The Hall–Kier alpha value is -3.98. The summed E-state index contributed by atoms with van der Waals surface area (Å²) in [5.41, 5.74) is 1.99. The molecule has 0 saturated heterocycles. The fourth-order valence-corrected chi connectivity index (χ4v) is 4.19. The third kappa shape index (κ3) is 4.99. The summed E-state index contributed by atoms with van der Waals surface area (Å²) in [6.45, 7) is 2.59. The van der Waals surface area contributed by atoms with Gasteiger partial charge in [-0.15, -0.1) is 0 Å². The molecule has 8 nitrogen and oxygen atoms in total. The quantitative estimate of drug-likeness (QED) is 0.372. The van der Waals surface area contributed by atoms with E-state index >= 15 is 0 Å². The average molecular weight is 477 g/mol. The molecule has 4 aromatic rings. The molecule has 0 bridgehead atoms. The van der Waals surface area contributed by atoms with Crippen molar-refractivity contribution in [1.29, 1.82) is 0 Å². The molecule has 0 spiro atoms. The molecule has 4 rings (SSSR count). The molecule has 2 aromatic carbocycles. The first-order valence-corrected chi connectivity index (χ1v) is 12.6. The van der Waals surface area contributed by atoms with Crippen molar-refractivity contribution in [2.75, 3.05) is 18.1 Å². The minimum atomic E-state index is -3.39. The molecule has 9 heteroatoms. The number of H-pyrrole nitrogens is 1. The topological polar surface area (TPSA) is 121 Å². The number of nitrogens with one attached hydrogen (secondary N) is 3. The monoisotopic (exact) mass is 476 g/mol. The molecule has 2 heterocycles. The molecule has 1 amide bonds. The van der Waals surface area contributed by atoms with Crippen LogP contribution in [0.4, 0.5) is 11.5 Å². The zero-order chi connectivity index (χ0) is 24.3. The van der Waals surface area contributed by atoms with Gasteiger partial charge in [-0.2, -0.15) is 0 Å². The van der Waals surface area contributed by atoms with E-state index in [1.807, 2.05) is 6.92 Å². The van der Waals surface area contributed by atoms with Crippen LogP contribution in [-0.2, 0) is 9.84 Å². The summed E-state index contributed by atoms with van der Waals surface area (Å²) in [7, 11) is -3.39. The number of nitrogens with zero attached hydrogens (tertiary/aromatic N) is 1. The molecule has 0 saturated carbocycles. The average Bonchev–Trinajstić information content (AvgIpc) is 2.82. The fraction of sp³-hybridized carbons (Fsp3) is 0.160. The Morgan fingerprint density at radius 1 is 1.06 bits per heavy atom. The van der Waals surface area contributed by atoms with Crippen LogP contribution in [0.1, 0.15) is 23.7 Å². The highest BCUT2D eigenvalue weighted by Crippen LogP contribution is 2.29. The van der Waals surface area contributed by atoms with E-state index in [1.165, 1.54) is 6.07 Å². The zero-order valence-electron chi connectivity index (χ0n) is 18.8. The van der Waals surface area contributed by atoms with Crippen molar-refractivity contribution >= 4 is 38.0 Å². The number of fused-ring (bicyclic) bond motifs is 1. The van der Waals surface area contributed by atoms with Gasteiger partial charge in [-0.3, -0.25) is 9.59 Å². The lowest BCUT2D eigenvalue weighted by Crippen LogP contribution is -2.23. The Bertz CT molecular complexity index is 1530. The summed E-state index contributed by atoms with van der Waals surface area (Å²) < 4.78 is 24.0. The number of amides is 1. The van der Waals surface area contributed by atoms with Gasteiger partial charge in [0.05, 0.1) is 16.0 Å². The van der Waals surface area contributed by atoms with Gasteiger partial charge >= 0.3 is 0 Å². The lowest BCUT2D eigenvalue weighted by atomic mass is 10.1. The highest BCUT2D eigenvalue weighted by atomic mass is 32.2. The van der Waals surface area contributed by atoms with E-state index in [-0.39, 0.29) is 16.4 Å². The van der Waals surface area contributed by atoms with Crippen molar-refractivity contribution in [3.63, 3.8) is 0 Å². The molecular formula is C25H24N4O4S. The summed E-state index contributed by atoms with van der Waals surface area (Å²) >= 11 is 0. The van der Waals surface area contributed by atoms with Crippen LogP contribution < -0.4 is 16.2 Å². The van der Waals surface area contributed by atoms with E-state index in [0.717, 1.165) is 12.7 Å². The minimum Gasteiger partial charge on any atom is -0.352 e. The van der Waals surface area contributed by atoms with Crippen LogP contribution in [0.3, 0.4) is 0 Å². The number of hydrogen-bond acceptors (Lipinski definition) is 6. The molecule has 0 aliphatic heterocycles. The number of rotatable bonds is 7. The predicted molar refractivity (Wildman–Crippen MR) is 133 cm³/mol. The molecule has 0 fully saturated rings. The maximum atomic E-state index is 12.6. The highest BCUT2D eigenvalue weighted by molar-refractivity contribution is 7.90. The lowest BCUT2D eigenvalue weighted by Gasteiger charge is -2.12. The van der Waals surface area contributed by atoms with E-state index in [1.54, 1.807) is 60.8 Å². The van der Waals surface area contributed by atoms with Crippen molar-refractivity contribution in [2.24, 2.45) is 0 Å². The number of carbonyl (C=O) groups excluding carboxylic acids is 1. The molecule has 174 valence electrons. The Morgan fingerprint density at radius 2 is 1.82 bits per heavy atom. The van der Waals surface area contributed by atoms with Gasteiger partial charge in [0.2, 0.25) is 0 Å².